The number of nitrogens with one attached hydrogen (secondary N) is 3. The molecule has 13 heteroatoms. The molecule has 50 heavy (non-hydrogen) atoms. The van der Waals surface area contributed by atoms with E-state index in [1.807, 2.05) is 13.8 Å². The molecule has 0 bridgehead atoms. The first-order valence-electron chi connectivity index (χ1n) is 16.5. The molecule has 10 nitrogen and oxygen atoms in total. The van der Waals surface area contributed by atoms with E-state index in [4.69, 9.17) is 4.74 Å². The van der Waals surface area contributed by atoms with Gasteiger partial charge in [-0.2, -0.15) is 0 Å². The molecule has 1 aliphatic rings. The SMILES string of the molecule is CCCCC(CCCC)(NC(=O)CNC(=O)COc1ccc([C@]2(c3ccc(F)cc3)NC(=O)[C@@H]2SCC(=O)c2ccc(F)cc2)cc1)C(=O)O. The van der Waals surface area contributed by atoms with Crippen molar-refractivity contribution in [2.24, 2.45) is 0 Å². The first-order valence-corrected chi connectivity index (χ1v) is 17.5. The van der Waals surface area contributed by atoms with Crippen LogP contribution >= 0.6 is 11.8 Å². The smallest absolute Gasteiger partial charge is 0.329 e. The van der Waals surface area contributed by atoms with E-state index < -0.39 is 58.9 Å². The van der Waals surface area contributed by atoms with Gasteiger partial charge in [0.2, 0.25) is 11.8 Å². The van der Waals surface area contributed by atoms with Crippen molar-refractivity contribution >= 4 is 41.2 Å². The van der Waals surface area contributed by atoms with Crippen LogP contribution in [0, 0.1) is 11.6 Å². The van der Waals surface area contributed by atoms with E-state index in [0.29, 0.717) is 35.3 Å². The third-order valence-electron chi connectivity index (χ3n) is 8.63. The highest BCUT2D eigenvalue weighted by Gasteiger charge is 2.56. The van der Waals surface area contributed by atoms with Crippen molar-refractivity contribution in [3.05, 3.63) is 101 Å². The van der Waals surface area contributed by atoms with Crippen LogP contribution in [0.5, 0.6) is 5.75 Å². The van der Waals surface area contributed by atoms with Gasteiger partial charge in [0, 0.05) is 5.56 Å². The summed E-state index contributed by atoms with van der Waals surface area (Å²) >= 11 is 1.12. The van der Waals surface area contributed by atoms with Gasteiger partial charge in [-0.3, -0.25) is 19.2 Å². The molecule has 0 saturated carbocycles. The molecule has 4 N–H and O–H groups in total. The highest BCUT2D eigenvalue weighted by Crippen LogP contribution is 2.46. The molecule has 0 unspecified atom stereocenters. The Morgan fingerprint density at radius 3 is 1.92 bits per heavy atom. The van der Waals surface area contributed by atoms with Crippen LogP contribution < -0.4 is 20.7 Å². The van der Waals surface area contributed by atoms with Gasteiger partial charge >= 0.3 is 5.97 Å². The lowest BCUT2D eigenvalue weighted by Gasteiger charge is -2.49. The summed E-state index contributed by atoms with van der Waals surface area (Å²) in [6, 6.07) is 17.4. The van der Waals surface area contributed by atoms with Crippen LogP contribution in [0.1, 0.15) is 73.9 Å². The van der Waals surface area contributed by atoms with Crippen LogP contribution in [0.3, 0.4) is 0 Å². The molecule has 3 aromatic rings. The summed E-state index contributed by atoms with van der Waals surface area (Å²) in [5.41, 5.74) is -0.983. The summed E-state index contributed by atoms with van der Waals surface area (Å²) in [7, 11) is 0. The number of carbonyl (C=O) groups excluding carboxylic acids is 4. The van der Waals surface area contributed by atoms with Gasteiger partial charge in [-0.15, -0.1) is 11.8 Å². The van der Waals surface area contributed by atoms with Crippen LogP contribution in [-0.2, 0) is 24.7 Å². The van der Waals surface area contributed by atoms with E-state index in [2.05, 4.69) is 16.0 Å². The van der Waals surface area contributed by atoms with Gasteiger partial charge in [0.1, 0.15) is 33.7 Å². The maximum atomic E-state index is 13.9. The number of aliphatic carboxylic acids is 1. The van der Waals surface area contributed by atoms with Gasteiger partial charge in [-0.1, -0.05) is 63.8 Å². The summed E-state index contributed by atoms with van der Waals surface area (Å²) in [4.78, 5) is 63.1. The lowest BCUT2D eigenvalue weighted by Crippen LogP contribution is -2.69. The molecule has 3 aromatic carbocycles. The minimum Gasteiger partial charge on any atom is -0.484 e. The number of halogens is 2. The number of hydrogen-bond acceptors (Lipinski definition) is 7. The molecule has 4 rings (SSSR count). The zero-order chi connectivity index (χ0) is 36.3. The molecule has 0 aromatic heterocycles. The molecule has 0 radical (unpaired) electrons. The van der Waals surface area contributed by atoms with Gasteiger partial charge in [0.05, 0.1) is 12.3 Å². The summed E-state index contributed by atoms with van der Waals surface area (Å²) in [6.45, 7) is 3.04. The molecule has 1 aliphatic heterocycles. The lowest BCUT2D eigenvalue weighted by atomic mass is 9.74. The van der Waals surface area contributed by atoms with Crippen molar-refractivity contribution in [3.8, 4) is 5.75 Å². The van der Waals surface area contributed by atoms with Gasteiger partial charge in [-0.05, 0) is 72.5 Å². The van der Waals surface area contributed by atoms with E-state index in [1.165, 1.54) is 36.4 Å². The number of ketones is 1. The Labute approximate surface area is 293 Å². The average molecular weight is 710 g/mol. The van der Waals surface area contributed by atoms with E-state index in [9.17, 15) is 37.9 Å². The van der Waals surface area contributed by atoms with E-state index in [-0.39, 0.29) is 30.3 Å². The standard InChI is InChI=1S/C37H41F2N3O7S/c1-3-5-19-36(35(47)48,20-6-4-2)41-31(44)21-40-32(45)22-49-29-17-11-26(12-18-29)37(25-9-15-28(39)16-10-25)33(34(46)42-37)50-23-30(43)24-7-13-27(38)14-8-24/h7-18,33H,3-6,19-23H2,1-2H3,(H,40,45)(H,41,44)(H,42,46)(H,47,48)/t33-,37-/m0/s1. The molecule has 0 spiro atoms. The number of carboxylic acids is 1. The number of carboxylic acid groups (broad SMARTS) is 1. The molecule has 2 atom stereocenters. The third-order valence-corrected chi connectivity index (χ3v) is 9.96. The van der Waals surface area contributed by atoms with Crippen molar-refractivity contribution in [1.82, 2.24) is 16.0 Å². The molecule has 1 saturated heterocycles. The van der Waals surface area contributed by atoms with Crippen LogP contribution in [0.15, 0.2) is 72.8 Å². The fourth-order valence-electron chi connectivity index (χ4n) is 5.83. The lowest BCUT2D eigenvalue weighted by molar-refractivity contribution is -0.148. The Hall–Kier alpha value is -4.78. The number of hydrogen-bond donors (Lipinski definition) is 4. The Balaban J connectivity index is 1.40. The Kier molecular flexibility index (Phi) is 13.1. The van der Waals surface area contributed by atoms with Gasteiger partial charge in [0.25, 0.3) is 5.91 Å². The molecule has 266 valence electrons. The fourth-order valence-corrected chi connectivity index (χ4v) is 7.10. The Bertz CT molecular complexity index is 1660. The minimum atomic E-state index is -1.40. The van der Waals surface area contributed by atoms with Crippen molar-refractivity contribution in [2.45, 2.75) is 68.7 Å². The largest absolute Gasteiger partial charge is 0.484 e. The van der Waals surface area contributed by atoms with Crippen LogP contribution in [0.25, 0.3) is 0 Å². The van der Waals surface area contributed by atoms with Crippen LogP contribution in [0.2, 0.25) is 0 Å². The highest BCUT2D eigenvalue weighted by atomic mass is 32.2. The number of amides is 3. The topological polar surface area (TPSA) is 151 Å². The Morgan fingerprint density at radius 1 is 0.860 bits per heavy atom. The highest BCUT2D eigenvalue weighted by molar-refractivity contribution is 8.01. The number of carbonyl (C=O) groups is 5. The number of β-lactam (4-membered cyclic amide) rings is 1. The minimum absolute atomic E-state index is 0.0598. The number of Topliss-reactive ketones (excluding diaryl/α,β-unsaturated/α-hetero) is 1. The van der Waals surface area contributed by atoms with Crippen LogP contribution in [-0.4, -0.2) is 64.3 Å². The first-order chi connectivity index (χ1) is 23.9. The molecule has 1 heterocycles. The summed E-state index contributed by atoms with van der Waals surface area (Å²) in [5, 5.41) is 17.2. The summed E-state index contributed by atoms with van der Waals surface area (Å²) in [5.74, 6) is -3.58. The van der Waals surface area contributed by atoms with E-state index in [0.717, 1.165) is 24.6 Å². The van der Waals surface area contributed by atoms with E-state index >= 15 is 0 Å². The number of unbranched alkanes of at least 4 members (excludes halogenated alkanes) is 2. The average Bonchev–Trinajstić information content (AvgIpc) is 3.10. The zero-order valence-corrected chi connectivity index (χ0v) is 28.7. The predicted octanol–water partition coefficient (Wildman–Crippen LogP) is 5.14. The number of benzene rings is 3. The molecular formula is C37H41F2N3O7S. The molecular weight excluding hydrogens is 668 g/mol. The molecule has 3 amide bonds. The molecule has 0 aliphatic carbocycles. The van der Waals surface area contributed by atoms with Gasteiger partial charge in [-0.25, -0.2) is 13.6 Å². The third kappa shape index (κ3) is 9.06. The Morgan fingerprint density at radius 2 is 1.40 bits per heavy atom. The number of thioether (sulfide) groups is 1. The van der Waals surface area contributed by atoms with Crippen molar-refractivity contribution in [2.75, 3.05) is 18.9 Å². The van der Waals surface area contributed by atoms with E-state index in [1.54, 1.807) is 36.4 Å². The monoisotopic (exact) mass is 709 g/mol. The summed E-state index contributed by atoms with van der Waals surface area (Å²) in [6.07, 6.45) is 3.38. The first kappa shape index (κ1) is 38.0. The van der Waals surface area contributed by atoms with Gasteiger partial charge < -0.3 is 25.8 Å². The van der Waals surface area contributed by atoms with Crippen molar-refractivity contribution in [3.63, 3.8) is 0 Å². The zero-order valence-electron chi connectivity index (χ0n) is 27.9. The summed E-state index contributed by atoms with van der Waals surface area (Å²) < 4.78 is 32.8. The maximum Gasteiger partial charge on any atom is 0.329 e. The van der Waals surface area contributed by atoms with Crippen molar-refractivity contribution in [1.29, 1.82) is 0 Å². The normalized spacial score (nSPS) is 16.9. The predicted molar refractivity (Wildman–Crippen MR) is 185 cm³/mol. The second-order valence-electron chi connectivity index (χ2n) is 12.2. The fraction of sp³-hybridized carbons (Fsp3) is 0.378. The maximum absolute atomic E-state index is 13.9. The van der Waals surface area contributed by atoms with Gasteiger partial charge in [0.15, 0.2) is 12.4 Å². The quantitative estimate of drug-likeness (QED) is 0.0988. The number of ether oxygens (including phenoxy) is 1. The van der Waals surface area contributed by atoms with Crippen molar-refractivity contribution < 1.29 is 42.6 Å². The van der Waals surface area contributed by atoms with Crippen LogP contribution in [0.4, 0.5) is 8.78 Å². The second kappa shape index (κ2) is 17.2. The second-order valence-corrected chi connectivity index (χ2v) is 13.3. The molecule has 1 fully saturated rings. The number of rotatable bonds is 19.